The van der Waals surface area contributed by atoms with Crippen molar-refractivity contribution in [2.45, 2.75) is 51.6 Å². The summed E-state index contributed by atoms with van der Waals surface area (Å²) in [5.41, 5.74) is 0.699. The minimum absolute atomic E-state index is 0.110. The molecule has 0 fully saturated rings. The fraction of sp³-hybridized carbons (Fsp3) is 0.500. The van der Waals surface area contributed by atoms with Gasteiger partial charge in [0.05, 0.1) is 13.5 Å². The summed E-state index contributed by atoms with van der Waals surface area (Å²) in [6.45, 7) is 3.70. The van der Waals surface area contributed by atoms with E-state index in [1.165, 1.54) is 7.11 Å². The smallest absolute Gasteiger partial charge is 0.307 e. The highest BCUT2D eigenvalue weighted by atomic mass is 16.5. The molecule has 0 bridgehead atoms. The highest BCUT2D eigenvalue weighted by Gasteiger charge is 2.25. The molecule has 24 heavy (non-hydrogen) atoms. The second kappa shape index (κ2) is 10.4. The van der Waals surface area contributed by atoms with E-state index in [0.717, 1.165) is 6.42 Å². The maximum atomic E-state index is 12.7. The third-order valence-electron chi connectivity index (χ3n) is 3.65. The molecular weight excluding hydrogens is 308 g/mol. The van der Waals surface area contributed by atoms with Crippen LogP contribution >= 0.6 is 0 Å². The van der Waals surface area contributed by atoms with Crippen molar-refractivity contribution in [2.24, 2.45) is 0 Å². The van der Waals surface area contributed by atoms with Gasteiger partial charge in [-0.2, -0.15) is 0 Å². The SMILES string of the molecule is CCC[C@H](CC(=O)OC)NC(=O)[C@H](NC(=O)CC)c1ccccc1. The summed E-state index contributed by atoms with van der Waals surface area (Å²) >= 11 is 0. The summed E-state index contributed by atoms with van der Waals surface area (Å²) < 4.78 is 4.68. The third kappa shape index (κ3) is 6.40. The molecule has 0 aliphatic heterocycles. The number of esters is 1. The lowest BCUT2D eigenvalue weighted by molar-refractivity contribution is -0.141. The Morgan fingerprint density at radius 2 is 1.75 bits per heavy atom. The van der Waals surface area contributed by atoms with E-state index < -0.39 is 6.04 Å². The van der Waals surface area contributed by atoms with Crippen LogP contribution in [0.3, 0.4) is 0 Å². The van der Waals surface area contributed by atoms with E-state index >= 15 is 0 Å². The number of hydrogen-bond donors (Lipinski definition) is 2. The molecule has 1 aromatic carbocycles. The van der Waals surface area contributed by atoms with Gasteiger partial charge >= 0.3 is 5.97 Å². The lowest BCUT2D eigenvalue weighted by Gasteiger charge is -2.23. The Bertz CT molecular complexity index is 545. The van der Waals surface area contributed by atoms with Crippen molar-refractivity contribution < 1.29 is 19.1 Å². The summed E-state index contributed by atoms with van der Waals surface area (Å²) in [5, 5.41) is 5.59. The molecule has 2 atom stereocenters. The van der Waals surface area contributed by atoms with Crippen LogP contribution in [0.25, 0.3) is 0 Å². The van der Waals surface area contributed by atoms with Gasteiger partial charge in [0.2, 0.25) is 11.8 Å². The van der Waals surface area contributed by atoms with Gasteiger partial charge in [-0.15, -0.1) is 0 Å². The normalized spacial score (nSPS) is 12.8. The van der Waals surface area contributed by atoms with Gasteiger partial charge in [0, 0.05) is 12.5 Å². The van der Waals surface area contributed by atoms with Gasteiger partial charge in [-0.05, 0) is 12.0 Å². The van der Waals surface area contributed by atoms with Crippen molar-refractivity contribution in [1.29, 1.82) is 0 Å². The Morgan fingerprint density at radius 1 is 1.08 bits per heavy atom. The zero-order valence-electron chi connectivity index (χ0n) is 14.5. The molecule has 0 aliphatic carbocycles. The third-order valence-corrected chi connectivity index (χ3v) is 3.65. The average Bonchev–Trinajstić information content (AvgIpc) is 2.59. The van der Waals surface area contributed by atoms with Crippen LogP contribution in [-0.2, 0) is 19.1 Å². The molecule has 0 spiro atoms. The molecule has 0 saturated heterocycles. The maximum absolute atomic E-state index is 12.7. The number of carbonyl (C=O) groups is 3. The Balaban J connectivity index is 2.89. The highest BCUT2D eigenvalue weighted by molar-refractivity contribution is 5.89. The number of amides is 2. The van der Waals surface area contributed by atoms with Crippen LogP contribution in [-0.4, -0.2) is 30.9 Å². The summed E-state index contributed by atoms with van der Waals surface area (Å²) in [5.74, 6) is -0.910. The minimum Gasteiger partial charge on any atom is -0.469 e. The van der Waals surface area contributed by atoms with E-state index in [1.807, 2.05) is 25.1 Å². The average molecular weight is 334 g/mol. The second-order valence-electron chi connectivity index (χ2n) is 5.54. The van der Waals surface area contributed by atoms with Crippen molar-refractivity contribution in [3.8, 4) is 0 Å². The van der Waals surface area contributed by atoms with Gasteiger partial charge in [0.15, 0.2) is 0 Å². The molecule has 2 N–H and O–H groups in total. The van der Waals surface area contributed by atoms with Crippen molar-refractivity contribution in [1.82, 2.24) is 10.6 Å². The van der Waals surface area contributed by atoms with E-state index in [9.17, 15) is 14.4 Å². The molecule has 1 aromatic rings. The largest absolute Gasteiger partial charge is 0.469 e. The monoisotopic (exact) mass is 334 g/mol. The molecule has 1 rings (SSSR count). The maximum Gasteiger partial charge on any atom is 0.307 e. The van der Waals surface area contributed by atoms with Crippen LogP contribution in [0.15, 0.2) is 30.3 Å². The molecule has 0 saturated carbocycles. The Kier molecular flexibility index (Phi) is 8.54. The van der Waals surface area contributed by atoms with Crippen LogP contribution in [0, 0.1) is 0 Å². The molecule has 2 amide bonds. The van der Waals surface area contributed by atoms with E-state index in [2.05, 4.69) is 15.4 Å². The number of methoxy groups -OCH3 is 1. The fourth-order valence-electron chi connectivity index (χ4n) is 2.35. The van der Waals surface area contributed by atoms with Gasteiger partial charge in [0.1, 0.15) is 6.04 Å². The molecule has 0 aliphatic rings. The number of carbonyl (C=O) groups excluding carboxylic acids is 3. The summed E-state index contributed by atoms with van der Waals surface area (Å²) in [4.78, 5) is 35.9. The quantitative estimate of drug-likeness (QED) is 0.677. The van der Waals surface area contributed by atoms with Crippen molar-refractivity contribution >= 4 is 17.8 Å². The van der Waals surface area contributed by atoms with Crippen molar-refractivity contribution in [2.75, 3.05) is 7.11 Å². The first-order valence-electron chi connectivity index (χ1n) is 8.23. The number of rotatable bonds is 9. The van der Waals surface area contributed by atoms with E-state index in [-0.39, 0.29) is 36.7 Å². The molecule has 0 unspecified atom stereocenters. The van der Waals surface area contributed by atoms with Gasteiger partial charge in [-0.25, -0.2) is 0 Å². The Morgan fingerprint density at radius 3 is 2.29 bits per heavy atom. The van der Waals surface area contributed by atoms with Crippen LogP contribution in [0.4, 0.5) is 0 Å². The molecule has 6 nitrogen and oxygen atoms in total. The first kappa shape index (κ1) is 19.7. The van der Waals surface area contributed by atoms with Crippen molar-refractivity contribution in [3.05, 3.63) is 35.9 Å². The van der Waals surface area contributed by atoms with Crippen molar-refractivity contribution in [3.63, 3.8) is 0 Å². The molecule has 132 valence electrons. The first-order valence-corrected chi connectivity index (χ1v) is 8.23. The van der Waals surface area contributed by atoms with Gasteiger partial charge in [-0.3, -0.25) is 14.4 Å². The molecule has 0 heterocycles. The summed E-state index contributed by atoms with van der Waals surface area (Å²) in [6.07, 6.45) is 1.87. The molecule has 6 heteroatoms. The molecule has 0 radical (unpaired) electrons. The van der Waals surface area contributed by atoms with Crippen LogP contribution in [0.5, 0.6) is 0 Å². The number of nitrogens with one attached hydrogen (secondary N) is 2. The molecule has 0 aromatic heterocycles. The van der Waals surface area contributed by atoms with Gasteiger partial charge < -0.3 is 15.4 Å². The number of ether oxygens (including phenoxy) is 1. The Labute approximate surface area is 143 Å². The van der Waals surface area contributed by atoms with E-state index in [1.54, 1.807) is 19.1 Å². The predicted molar refractivity (Wildman–Crippen MR) is 91.1 cm³/mol. The zero-order valence-corrected chi connectivity index (χ0v) is 14.5. The van der Waals surface area contributed by atoms with E-state index in [0.29, 0.717) is 12.0 Å². The fourth-order valence-corrected chi connectivity index (χ4v) is 2.35. The predicted octanol–water partition coefficient (Wildman–Crippen LogP) is 2.10. The zero-order chi connectivity index (χ0) is 17.9. The first-order chi connectivity index (χ1) is 11.5. The van der Waals surface area contributed by atoms with Crippen LogP contribution in [0.1, 0.15) is 51.1 Å². The summed E-state index contributed by atoms with van der Waals surface area (Å²) in [7, 11) is 1.32. The lowest BCUT2D eigenvalue weighted by Crippen LogP contribution is -2.45. The Hall–Kier alpha value is -2.37. The van der Waals surface area contributed by atoms with Gasteiger partial charge in [-0.1, -0.05) is 50.6 Å². The number of hydrogen-bond acceptors (Lipinski definition) is 4. The lowest BCUT2D eigenvalue weighted by atomic mass is 10.0. The van der Waals surface area contributed by atoms with Gasteiger partial charge in [0.25, 0.3) is 0 Å². The number of benzene rings is 1. The standard InChI is InChI=1S/C18H26N2O4/c1-4-9-14(12-16(22)24-3)19-18(23)17(20-15(21)5-2)13-10-7-6-8-11-13/h6-8,10-11,14,17H,4-5,9,12H2,1-3H3,(H,19,23)(H,20,21)/t14-,17-/m1/s1. The highest BCUT2D eigenvalue weighted by Crippen LogP contribution is 2.14. The summed E-state index contributed by atoms with van der Waals surface area (Å²) in [6, 6.07) is 7.94. The van der Waals surface area contributed by atoms with Crippen LogP contribution in [0.2, 0.25) is 0 Å². The topological polar surface area (TPSA) is 84.5 Å². The second-order valence-corrected chi connectivity index (χ2v) is 5.54. The minimum atomic E-state index is -0.782. The van der Waals surface area contributed by atoms with Crippen LogP contribution < -0.4 is 10.6 Å². The van der Waals surface area contributed by atoms with E-state index in [4.69, 9.17) is 0 Å². The molecular formula is C18H26N2O4.